The molecule has 1 saturated carbocycles. The van der Waals surface area contributed by atoms with Crippen LogP contribution in [0.3, 0.4) is 0 Å². The van der Waals surface area contributed by atoms with Gasteiger partial charge in [0, 0.05) is 18.3 Å². The van der Waals surface area contributed by atoms with Crippen LogP contribution in [0.15, 0.2) is 54.6 Å². The van der Waals surface area contributed by atoms with Crippen LogP contribution in [0.4, 0.5) is 5.69 Å². The summed E-state index contributed by atoms with van der Waals surface area (Å²) in [6.45, 7) is 0.836. The molecule has 0 bridgehead atoms. The van der Waals surface area contributed by atoms with Gasteiger partial charge in [0.2, 0.25) is 0 Å². The predicted octanol–water partition coefficient (Wildman–Crippen LogP) is 3.51. The highest BCUT2D eigenvalue weighted by Crippen LogP contribution is 2.41. The summed E-state index contributed by atoms with van der Waals surface area (Å²) >= 11 is 0. The highest BCUT2D eigenvalue weighted by Gasteiger charge is 2.31. The standard InChI is InChI=1S/C17H20N2/c18-16-9-5-4-8-15(16)12-19-17(14-10-11-14)13-6-2-1-3-7-13/h1-9,14,17,19H,10-12,18H2. The van der Waals surface area contributed by atoms with Crippen LogP contribution in [0.1, 0.15) is 30.0 Å². The van der Waals surface area contributed by atoms with E-state index in [2.05, 4.69) is 41.7 Å². The van der Waals surface area contributed by atoms with Crippen LogP contribution in [0.2, 0.25) is 0 Å². The molecule has 2 nitrogen and oxygen atoms in total. The van der Waals surface area contributed by atoms with Crippen molar-refractivity contribution in [3.8, 4) is 0 Å². The first kappa shape index (κ1) is 12.2. The first-order chi connectivity index (χ1) is 9.34. The third-order valence-corrected chi connectivity index (χ3v) is 3.82. The van der Waals surface area contributed by atoms with E-state index in [0.29, 0.717) is 6.04 Å². The van der Waals surface area contributed by atoms with Crippen LogP contribution in [0.5, 0.6) is 0 Å². The molecule has 0 spiro atoms. The summed E-state index contributed by atoms with van der Waals surface area (Å²) in [4.78, 5) is 0. The van der Waals surface area contributed by atoms with Crippen molar-refractivity contribution in [3.05, 3.63) is 65.7 Å². The van der Waals surface area contributed by atoms with Gasteiger partial charge in [-0.3, -0.25) is 0 Å². The zero-order chi connectivity index (χ0) is 13.1. The van der Waals surface area contributed by atoms with Gasteiger partial charge in [0.1, 0.15) is 0 Å². The van der Waals surface area contributed by atoms with E-state index < -0.39 is 0 Å². The van der Waals surface area contributed by atoms with E-state index >= 15 is 0 Å². The van der Waals surface area contributed by atoms with Crippen LogP contribution >= 0.6 is 0 Å². The Hall–Kier alpha value is -1.80. The summed E-state index contributed by atoms with van der Waals surface area (Å²) in [5.41, 5.74) is 9.44. The number of nitrogens with one attached hydrogen (secondary N) is 1. The van der Waals surface area contributed by atoms with Gasteiger partial charge >= 0.3 is 0 Å². The number of rotatable bonds is 5. The average molecular weight is 252 g/mol. The minimum Gasteiger partial charge on any atom is -0.398 e. The van der Waals surface area contributed by atoms with Crippen molar-refractivity contribution < 1.29 is 0 Å². The van der Waals surface area contributed by atoms with Crippen molar-refractivity contribution in [2.45, 2.75) is 25.4 Å². The van der Waals surface area contributed by atoms with Crippen molar-refractivity contribution in [3.63, 3.8) is 0 Å². The number of hydrogen-bond acceptors (Lipinski definition) is 2. The monoisotopic (exact) mass is 252 g/mol. The summed E-state index contributed by atoms with van der Waals surface area (Å²) in [6, 6.07) is 19.3. The molecule has 1 fully saturated rings. The van der Waals surface area contributed by atoms with E-state index in [9.17, 15) is 0 Å². The van der Waals surface area contributed by atoms with Gasteiger partial charge in [-0.05, 0) is 36.0 Å². The fraction of sp³-hybridized carbons (Fsp3) is 0.294. The second kappa shape index (κ2) is 5.45. The summed E-state index contributed by atoms with van der Waals surface area (Å²) < 4.78 is 0. The minimum absolute atomic E-state index is 0.459. The largest absolute Gasteiger partial charge is 0.398 e. The fourth-order valence-electron chi connectivity index (χ4n) is 2.56. The molecular weight excluding hydrogens is 232 g/mol. The molecule has 3 N–H and O–H groups in total. The second-order valence-electron chi connectivity index (χ2n) is 5.31. The highest BCUT2D eigenvalue weighted by molar-refractivity contribution is 5.46. The molecule has 0 radical (unpaired) electrons. The van der Waals surface area contributed by atoms with Crippen molar-refractivity contribution in [1.82, 2.24) is 5.32 Å². The van der Waals surface area contributed by atoms with Crippen LogP contribution in [0, 0.1) is 5.92 Å². The summed E-state index contributed by atoms with van der Waals surface area (Å²) in [5, 5.41) is 3.68. The average Bonchev–Trinajstić information content (AvgIpc) is 3.27. The zero-order valence-electron chi connectivity index (χ0n) is 11.0. The molecule has 0 amide bonds. The second-order valence-corrected chi connectivity index (χ2v) is 5.31. The number of para-hydroxylation sites is 1. The fourth-order valence-corrected chi connectivity index (χ4v) is 2.56. The lowest BCUT2D eigenvalue weighted by Crippen LogP contribution is -2.23. The van der Waals surface area contributed by atoms with E-state index in [1.165, 1.54) is 24.0 Å². The third kappa shape index (κ3) is 2.96. The van der Waals surface area contributed by atoms with Crippen LogP contribution < -0.4 is 11.1 Å². The van der Waals surface area contributed by atoms with Gasteiger partial charge in [-0.1, -0.05) is 48.5 Å². The molecule has 0 saturated heterocycles. The first-order valence-electron chi connectivity index (χ1n) is 6.96. The van der Waals surface area contributed by atoms with Gasteiger partial charge in [0.05, 0.1) is 0 Å². The van der Waals surface area contributed by atoms with Gasteiger partial charge in [-0.2, -0.15) is 0 Å². The molecule has 2 heteroatoms. The van der Waals surface area contributed by atoms with Gasteiger partial charge in [0.25, 0.3) is 0 Å². The molecule has 0 aromatic heterocycles. The van der Waals surface area contributed by atoms with E-state index in [1.807, 2.05) is 18.2 Å². The number of benzene rings is 2. The molecule has 19 heavy (non-hydrogen) atoms. The van der Waals surface area contributed by atoms with Crippen molar-refractivity contribution >= 4 is 5.69 Å². The minimum atomic E-state index is 0.459. The summed E-state index contributed by atoms with van der Waals surface area (Å²) in [6.07, 6.45) is 2.66. The van der Waals surface area contributed by atoms with E-state index in [1.54, 1.807) is 0 Å². The molecule has 1 aliphatic rings. The Labute approximate surface area is 114 Å². The lowest BCUT2D eigenvalue weighted by Gasteiger charge is -2.19. The molecular formula is C17H20N2. The van der Waals surface area contributed by atoms with Crippen molar-refractivity contribution in [1.29, 1.82) is 0 Å². The van der Waals surface area contributed by atoms with Crippen molar-refractivity contribution in [2.24, 2.45) is 5.92 Å². The Bertz CT molecular complexity index is 532. The number of nitrogen functional groups attached to an aromatic ring is 1. The lowest BCUT2D eigenvalue weighted by atomic mass is 10.0. The molecule has 0 aliphatic heterocycles. The van der Waals surface area contributed by atoms with Gasteiger partial charge in [-0.25, -0.2) is 0 Å². The molecule has 3 rings (SSSR count). The molecule has 1 atom stereocenters. The molecule has 2 aromatic rings. The van der Waals surface area contributed by atoms with Gasteiger partial charge < -0.3 is 11.1 Å². The van der Waals surface area contributed by atoms with E-state index in [4.69, 9.17) is 5.73 Å². The Morgan fingerprint density at radius 3 is 2.37 bits per heavy atom. The quantitative estimate of drug-likeness (QED) is 0.799. The highest BCUT2D eigenvalue weighted by atomic mass is 14.9. The maximum Gasteiger partial charge on any atom is 0.0359 e. The Morgan fingerprint density at radius 1 is 1.00 bits per heavy atom. The molecule has 2 aromatic carbocycles. The number of anilines is 1. The summed E-state index contributed by atoms with van der Waals surface area (Å²) in [7, 11) is 0. The molecule has 1 unspecified atom stereocenters. The number of hydrogen-bond donors (Lipinski definition) is 2. The Balaban J connectivity index is 1.71. The third-order valence-electron chi connectivity index (χ3n) is 3.82. The first-order valence-corrected chi connectivity index (χ1v) is 6.96. The normalized spacial score (nSPS) is 16.2. The predicted molar refractivity (Wildman–Crippen MR) is 79.6 cm³/mol. The van der Waals surface area contributed by atoms with Crippen molar-refractivity contribution in [2.75, 3.05) is 5.73 Å². The summed E-state index contributed by atoms with van der Waals surface area (Å²) in [5.74, 6) is 0.785. The molecule has 1 aliphatic carbocycles. The topological polar surface area (TPSA) is 38.0 Å². The maximum absolute atomic E-state index is 6.00. The Kier molecular flexibility index (Phi) is 3.51. The van der Waals surface area contributed by atoms with Gasteiger partial charge in [0.15, 0.2) is 0 Å². The molecule has 0 heterocycles. The number of nitrogens with two attached hydrogens (primary N) is 1. The SMILES string of the molecule is Nc1ccccc1CNC(c1ccccc1)C1CC1. The van der Waals surface area contributed by atoms with Crippen LogP contribution in [-0.2, 0) is 6.54 Å². The van der Waals surface area contributed by atoms with E-state index in [-0.39, 0.29) is 0 Å². The molecule has 98 valence electrons. The van der Waals surface area contributed by atoms with Crippen LogP contribution in [0.25, 0.3) is 0 Å². The Morgan fingerprint density at radius 2 is 1.68 bits per heavy atom. The maximum atomic E-state index is 6.00. The van der Waals surface area contributed by atoms with Gasteiger partial charge in [-0.15, -0.1) is 0 Å². The van der Waals surface area contributed by atoms with E-state index in [0.717, 1.165) is 18.2 Å². The van der Waals surface area contributed by atoms with Crippen LogP contribution in [-0.4, -0.2) is 0 Å². The lowest BCUT2D eigenvalue weighted by molar-refractivity contribution is 0.481. The smallest absolute Gasteiger partial charge is 0.0359 e. The zero-order valence-corrected chi connectivity index (χ0v) is 11.0.